The summed E-state index contributed by atoms with van der Waals surface area (Å²) in [4.78, 5) is 5.54. The van der Waals surface area contributed by atoms with Gasteiger partial charge in [-0.1, -0.05) is 20.3 Å². The summed E-state index contributed by atoms with van der Waals surface area (Å²) in [6, 6.07) is 1.66. The normalized spacial score (nSPS) is 42.2. The van der Waals surface area contributed by atoms with Gasteiger partial charge in [0.2, 0.25) is 0 Å². The maximum absolute atomic E-state index is 2.78. The second-order valence-corrected chi connectivity index (χ2v) is 7.34. The van der Waals surface area contributed by atoms with Crippen molar-refractivity contribution >= 4 is 0 Å². The monoisotopic (exact) mass is 236 g/mol. The number of piperazine rings is 1. The summed E-state index contributed by atoms with van der Waals surface area (Å²) in [5.41, 5.74) is 0.642. The summed E-state index contributed by atoms with van der Waals surface area (Å²) in [5, 5.41) is 0. The van der Waals surface area contributed by atoms with Crippen molar-refractivity contribution in [3.8, 4) is 0 Å². The van der Waals surface area contributed by atoms with Crippen LogP contribution in [0.5, 0.6) is 0 Å². The first-order chi connectivity index (χ1) is 8.06. The van der Waals surface area contributed by atoms with Crippen molar-refractivity contribution in [2.45, 2.75) is 58.5 Å². The van der Waals surface area contributed by atoms with Crippen LogP contribution in [-0.2, 0) is 0 Å². The predicted octanol–water partition coefficient (Wildman–Crippen LogP) is 2.59. The highest BCUT2D eigenvalue weighted by Crippen LogP contribution is 2.52. The molecule has 3 fully saturated rings. The number of hydrogen-bond donors (Lipinski definition) is 0. The Bertz CT molecular complexity index is 287. The average Bonchev–Trinajstić information content (AvgIpc) is 2.87. The molecule has 0 amide bonds. The van der Waals surface area contributed by atoms with Crippen molar-refractivity contribution in [1.82, 2.24) is 9.80 Å². The second kappa shape index (κ2) is 4.24. The van der Waals surface area contributed by atoms with Gasteiger partial charge in [-0.3, -0.25) is 9.80 Å². The Morgan fingerprint density at radius 1 is 1.18 bits per heavy atom. The Balaban J connectivity index is 1.58. The molecule has 3 rings (SSSR count). The van der Waals surface area contributed by atoms with Gasteiger partial charge in [0, 0.05) is 31.7 Å². The van der Waals surface area contributed by atoms with E-state index in [1.54, 1.807) is 0 Å². The van der Waals surface area contributed by atoms with Crippen LogP contribution in [0.25, 0.3) is 0 Å². The molecule has 1 aliphatic carbocycles. The predicted molar refractivity (Wildman–Crippen MR) is 72.1 cm³/mol. The van der Waals surface area contributed by atoms with Crippen LogP contribution >= 0.6 is 0 Å². The minimum absolute atomic E-state index is 0.642. The molecule has 2 aliphatic heterocycles. The lowest BCUT2D eigenvalue weighted by Crippen LogP contribution is -2.59. The lowest BCUT2D eigenvalue weighted by molar-refractivity contribution is 0.0116. The van der Waals surface area contributed by atoms with E-state index in [1.807, 2.05) is 0 Å². The summed E-state index contributed by atoms with van der Waals surface area (Å²) < 4.78 is 0. The molecule has 0 bridgehead atoms. The van der Waals surface area contributed by atoms with Crippen molar-refractivity contribution < 1.29 is 0 Å². The maximum Gasteiger partial charge on any atom is 0.0223 e. The van der Waals surface area contributed by atoms with Gasteiger partial charge in [0.25, 0.3) is 0 Å². The highest BCUT2D eigenvalue weighted by Gasteiger charge is 2.47. The van der Waals surface area contributed by atoms with Crippen LogP contribution in [0.3, 0.4) is 0 Å². The molecule has 2 heterocycles. The van der Waals surface area contributed by atoms with Crippen molar-refractivity contribution in [3.63, 3.8) is 0 Å². The lowest BCUT2D eigenvalue weighted by Gasteiger charge is -2.47. The largest absolute Gasteiger partial charge is 0.298 e. The zero-order valence-electron chi connectivity index (χ0n) is 11.8. The molecule has 3 aliphatic rings. The molecule has 2 nitrogen and oxygen atoms in total. The fraction of sp³-hybridized carbons (Fsp3) is 1.00. The van der Waals surface area contributed by atoms with E-state index in [9.17, 15) is 0 Å². The molecule has 98 valence electrons. The smallest absolute Gasteiger partial charge is 0.0223 e. The van der Waals surface area contributed by atoms with E-state index in [0.717, 1.165) is 18.0 Å². The van der Waals surface area contributed by atoms with E-state index in [2.05, 4.69) is 30.6 Å². The van der Waals surface area contributed by atoms with Crippen LogP contribution < -0.4 is 0 Å². The summed E-state index contributed by atoms with van der Waals surface area (Å²) in [6.07, 6.45) is 5.78. The van der Waals surface area contributed by atoms with Gasteiger partial charge in [-0.05, 0) is 44.1 Å². The van der Waals surface area contributed by atoms with Crippen LogP contribution in [0.1, 0.15) is 46.5 Å². The van der Waals surface area contributed by atoms with E-state index in [1.165, 1.54) is 51.9 Å². The molecular formula is C15H28N2. The molecule has 2 saturated heterocycles. The third kappa shape index (κ3) is 2.39. The van der Waals surface area contributed by atoms with Crippen molar-refractivity contribution in [2.24, 2.45) is 11.3 Å². The van der Waals surface area contributed by atoms with Gasteiger partial charge in [-0.2, -0.15) is 0 Å². The van der Waals surface area contributed by atoms with Gasteiger partial charge < -0.3 is 0 Å². The molecule has 0 aromatic heterocycles. The van der Waals surface area contributed by atoms with E-state index < -0.39 is 0 Å². The minimum Gasteiger partial charge on any atom is -0.298 e. The molecule has 0 N–H and O–H groups in total. The van der Waals surface area contributed by atoms with Crippen molar-refractivity contribution in [1.29, 1.82) is 0 Å². The fourth-order valence-electron chi connectivity index (χ4n) is 3.84. The number of fused-ring (bicyclic) bond motifs is 1. The van der Waals surface area contributed by atoms with Gasteiger partial charge in [-0.15, -0.1) is 0 Å². The van der Waals surface area contributed by atoms with Crippen LogP contribution in [0.2, 0.25) is 0 Å². The standard InChI is InChI=1S/C15H28N2/c1-12-9-16-7-5-4-6-14(16)11-17(12)10-13-8-15(13,2)3/h12-14H,4-11H2,1-3H3. The molecule has 1 saturated carbocycles. The highest BCUT2D eigenvalue weighted by atomic mass is 15.3. The molecule has 0 radical (unpaired) electrons. The third-order valence-electron chi connectivity index (χ3n) is 5.49. The molecule has 3 atom stereocenters. The van der Waals surface area contributed by atoms with Gasteiger partial charge in [0.05, 0.1) is 0 Å². The Labute approximate surface area is 106 Å². The Morgan fingerprint density at radius 3 is 2.65 bits per heavy atom. The van der Waals surface area contributed by atoms with Crippen molar-refractivity contribution in [2.75, 3.05) is 26.2 Å². The van der Waals surface area contributed by atoms with E-state index in [0.29, 0.717) is 5.41 Å². The van der Waals surface area contributed by atoms with Gasteiger partial charge in [0.15, 0.2) is 0 Å². The second-order valence-electron chi connectivity index (χ2n) is 7.34. The van der Waals surface area contributed by atoms with Crippen molar-refractivity contribution in [3.05, 3.63) is 0 Å². The van der Waals surface area contributed by atoms with Gasteiger partial charge in [-0.25, -0.2) is 0 Å². The highest BCUT2D eigenvalue weighted by molar-refractivity contribution is 4.99. The van der Waals surface area contributed by atoms with Gasteiger partial charge >= 0.3 is 0 Å². The fourth-order valence-corrected chi connectivity index (χ4v) is 3.84. The van der Waals surface area contributed by atoms with E-state index in [-0.39, 0.29) is 0 Å². The summed E-state index contributed by atoms with van der Waals surface area (Å²) in [6.45, 7) is 12.7. The summed E-state index contributed by atoms with van der Waals surface area (Å²) in [5.74, 6) is 0.972. The Kier molecular flexibility index (Phi) is 2.99. The van der Waals surface area contributed by atoms with Crippen LogP contribution in [0.15, 0.2) is 0 Å². The quantitative estimate of drug-likeness (QED) is 0.727. The first kappa shape index (κ1) is 12.0. The lowest BCUT2D eigenvalue weighted by atomic mass is 9.96. The third-order valence-corrected chi connectivity index (χ3v) is 5.49. The number of piperidine rings is 1. The number of rotatable bonds is 2. The molecule has 0 aromatic carbocycles. The van der Waals surface area contributed by atoms with E-state index in [4.69, 9.17) is 0 Å². The minimum atomic E-state index is 0.642. The van der Waals surface area contributed by atoms with E-state index >= 15 is 0 Å². The summed E-state index contributed by atoms with van der Waals surface area (Å²) in [7, 11) is 0. The molecule has 0 aromatic rings. The van der Waals surface area contributed by atoms with Crippen LogP contribution in [0, 0.1) is 11.3 Å². The molecular weight excluding hydrogens is 208 g/mol. The Hall–Kier alpha value is -0.0800. The Morgan fingerprint density at radius 2 is 1.94 bits per heavy atom. The first-order valence-electron chi connectivity index (χ1n) is 7.54. The summed E-state index contributed by atoms with van der Waals surface area (Å²) >= 11 is 0. The maximum atomic E-state index is 2.78. The van der Waals surface area contributed by atoms with Gasteiger partial charge in [0.1, 0.15) is 0 Å². The molecule has 17 heavy (non-hydrogen) atoms. The van der Waals surface area contributed by atoms with Crippen LogP contribution in [-0.4, -0.2) is 48.1 Å². The first-order valence-corrected chi connectivity index (χ1v) is 7.54. The number of hydrogen-bond acceptors (Lipinski definition) is 2. The molecule has 3 unspecified atom stereocenters. The topological polar surface area (TPSA) is 6.48 Å². The number of nitrogens with zero attached hydrogens (tertiary/aromatic N) is 2. The van der Waals surface area contributed by atoms with Crippen LogP contribution in [0.4, 0.5) is 0 Å². The molecule has 2 heteroatoms. The molecule has 0 spiro atoms. The average molecular weight is 236 g/mol. The SMILES string of the molecule is CC1CN2CCCCC2CN1CC1CC1(C)C. The zero-order valence-corrected chi connectivity index (χ0v) is 11.8. The zero-order chi connectivity index (χ0) is 12.0.